The topological polar surface area (TPSA) is 58.4 Å². The number of aromatic nitrogens is 2. The third kappa shape index (κ3) is 1.94. The third-order valence-electron chi connectivity index (χ3n) is 3.04. The lowest BCUT2D eigenvalue weighted by atomic mass is 10.3. The van der Waals surface area contributed by atoms with Gasteiger partial charge in [-0.05, 0) is 6.92 Å². The van der Waals surface area contributed by atoms with E-state index in [1.807, 2.05) is 0 Å². The van der Waals surface area contributed by atoms with Gasteiger partial charge in [-0.15, -0.1) is 0 Å². The number of rotatable bonds is 1. The molecule has 1 aromatic rings. The maximum absolute atomic E-state index is 12.6. The zero-order valence-corrected chi connectivity index (χ0v) is 10.4. The normalized spacial score (nSPS) is 20.6. The van der Waals surface area contributed by atoms with Gasteiger partial charge in [0.15, 0.2) is 5.82 Å². The summed E-state index contributed by atoms with van der Waals surface area (Å²) in [6, 6.07) is -0.727. The van der Waals surface area contributed by atoms with Crippen molar-refractivity contribution in [2.45, 2.75) is 19.1 Å². The van der Waals surface area contributed by atoms with Crippen LogP contribution in [-0.4, -0.2) is 39.7 Å². The van der Waals surface area contributed by atoms with E-state index < -0.39 is 29.9 Å². The summed E-state index contributed by atoms with van der Waals surface area (Å²) in [5.74, 6) is -0.916. The first-order chi connectivity index (χ1) is 8.64. The van der Waals surface area contributed by atoms with E-state index in [2.05, 4.69) is 5.10 Å². The molecule has 6 nitrogen and oxygen atoms in total. The standard InChI is InChI=1S/C10H11F3N4O2/c1-5-8(18)17(9(19)15(5)2)7-4-6(10(11,12)13)16(3)14-7/h4-5H,1-3H3/t5-/m1/s1. The van der Waals surface area contributed by atoms with Crippen molar-refractivity contribution >= 4 is 17.8 Å². The second-order valence-corrected chi connectivity index (χ2v) is 4.25. The molecule has 0 saturated carbocycles. The van der Waals surface area contributed by atoms with E-state index in [1.165, 1.54) is 14.0 Å². The summed E-state index contributed by atoms with van der Waals surface area (Å²) in [5.41, 5.74) is -1.02. The summed E-state index contributed by atoms with van der Waals surface area (Å²) >= 11 is 0. The minimum atomic E-state index is -4.59. The van der Waals surface area contributed by atoms with Crippen molar-refractivity contribution in [1.29, 1.82) is 0 Å². The number of carbonyl (C=O) groups is 2. The van der Waals surface area contributed by atoms with Gasteiger partial charge in [0.25, 0.3) is 5.91 Å². The number of anilines is 1. The molecule has 0 unspecified atom stereocenters. The predicted molar refractivity (Wildman–Crippen MR) is 58.3 cm³/mol. The Bertz CT molecular complexity index is 531. The van der Waals surface area contributed by atoms with Gasteiger partial charge in [0.2, 0.25) is 0 Å². The lowest BCUT2D eigenvalue weighted by Gasteiger charge is -2.10. The molecule has 2 rings (SSSR count). The first-order valence-corrected chi connectivity index (χ1v) is 5.36. The van der Waals surface area contributed by atoms with Crippen LogP contribution >= 0.6 is 0 Å². The van der Waals surface area contributed by atoms with Gasteiger partial charge in [0.05, 0.1) is 0 Å². The first kappa shape index (κ1) is 13.4. The molecule has 1 aliphatic rings. The smallest absolute Gasteiger partial charge is 0.315 e. The predicted octanol–water partition coefficient (Wildman–Crippen LogP) is 1.23. The SMILES string of the molecule is C[C@@H]1C(=O)N(c2cc(C(F)(F)F)n(C)n2)C(=O)N1C. The van der Waals surface area contributed by atoms with Gasteiger partial charge in [-0.25, -0.2) is 9.69 Å². The molecule has 0 N–H and O–H groups in total. The van der Waals surface area contributed by atoms with E-state index in [0.29, 0.717) is 15.6 Å². The molecule has 0 bridgehead atoms. The van der Waals surface area contributed by atoms with Crippen molar-refractivity contribution in [3.8, 4) is 0 Å². The highest BCUT2D eigenvalue weighted by Gasteiger charge is 2.44. The number of halogens is 3. The van der Waals surface area contributed by atoms with Crippen molar-refractivity contribution in [2.24, 2.45) is 7.05 Å². The molecule has 19 heavy (non-hydrogen) atoms. The van der Waals surface area contributed by atoms with Crippen LogP contribution in [0.2, 0.25) is 0 Å². The maximum atomic E-state index is 12.6. The Balaban J connectivity index is 2.44. The van der Waals surface area contributed by atoms with Crippen molar-refractivity contribution < 1.29 is 22.8 Å². The fraction of sp³-hybridized carbons (Fsp3) is 0.500. The second-order valence-electron chi connectivity index (χ2n) is 4.25. The minimum absolute atomic E-state index is 0.318. The van der Waals surface area contributed by atoms with E-state index >= 15 is 0 Å². The number of nitrogens with zero attached hydrogens (tertiary/aromatic N) is 4. The molecule has 3 amide bonds. The number of imide groups is 1. The lowest BCUT2D eigenvalue weighted by Crippen LogP contribution is -2.31. The fourth-order valence-corrected chi connectivity index (χ4v) is 1.81. The quantitative estimate of drug-likeness (QED) is 0.725. The molecule has 1 aliphatic heterocycles. The molecule has 1 fully saturated rings. The summed E-state index contributed by atoms with van der Waals surface area (Å²) < 4.78 is 38.5. The highest BCUT2D eigenvalue weighted by atomic mass is 19.4. The molecule has 9 heteroatoms. The summed E-state index contributed by atoms with van der Waals surface area (Å²) in [4.78, 5) is 25.4. The third-order valence-corrected chi connectivity index (χ3v) is 3.04. The molecule has 0 aliphatic carbocycles. The van der Waals surface area contributed by atoms with Crippen LogP contribution < -0.4 is 4.90 Å². The number of carbonyl (C=O) groups excluding carboxylic acids is 2. The van der Waals surface area contributed by atoms with Gasteiger partial charge in [-0.3, -0.25) is 9.48 Å². The van der Waals surface area contributed by atoms with Crippen LogP contribution in [0.4, 0.5) is 23.8 Å². The molecule has 1 aromatic heterocycles. The van der Waals surface area contributed by atoms with Gasteiger partial charge < -0.3 is 4.90 Å². The van der Waals surface area contributed by atoms with Crippen LogP contribution in [0.5, 0.6) is 0 Å². The highest BCUT2D eigenvalue weighted by Crippen LogP contribution is 2.32. The molecule has 2 heterocycles. The van der Waals surface area contributed by atoms with Gasteiger partial charge >= 0.3 is 12.2 Å². The molecule has 0 aromatic carbocycles. The largest absolute Gasteiger partial charge is 0.433 e. The fourth-order valence-electron chi connectivity index (χ4n) is 1.81. The molecule has 0 spiro atoms. The Kier molecular flexibility index (Phi) is 2.79. The Morgan fingerprint density at radius 2 is 1.84 bits per heavy atom. The first-order valence-electron chi connectivity index (χ1n) is 5.36. The number of alkyl halides is 3. The summed E-state index contributed by atoms with van der Waals surface area (Å²) in [6.07, 6.45) is -4.59. The lowest BCUT2D eigenvalue weighted by molar-refractivity contribution is -0.143. The Morgan fingerprint density at radius 3 is 2.21 bits per heavy atom. The zero-order valence-electron chi connectivity index (χ0n) is 10.4. The average molecular weight is 276 g/mol. The number of hydrogen-bond acceptors (Lipinski definition) is 3. The number of hydrogen-bond donors (Lipinski definition) is 0. The van der Waals surface area contributed by atoms with Gasteiger partial charge in [0, 0.05) is 20.2 Å². The van der Waals surface area contributed by atoms with Crippen molar-refractivity contribution in [2.75, 3.05) is 11.9 Å². The number of likely N-dealkylation sites (N-methyl/N-ethyl adjacent to an activating group) is 1. The van der Waals surface area contributed by atoms with Crippen LogP contribution in [0.15, 0.2) is 6.07 Å². The van der Waals surface area contributed by atoms with Crippen molar-refractivity contribution in [3.05, 3.63) is 11.8 Å². The monoisotopic (exact) mass is 276 g/mol. The van der Waals surface area contributed by atoms with Crippen molar-refractivity contribution in [3.63, 3.8) is 0 Å². The maximum Gasteiger partial charge on any atom is 0.433 e. The van der Waals surface area contributed by atoms with Gasteiger partial charge in [-0.1, -0.05) is 0 Å². The molecule has 1 saturated heterocycles. The summed E-state index contributed by atoms with van der Waals surface area (Å²) in [5, 5.41) is 3.58. The van der Waals surface area contributed by atoms with E-state index in [-0.39, 0.29) is 5.82 Å². The van der Waals surface area contributed by atoms with E-state index in [4.69, 9.17) is 0 Å². The summed E-state index contributed by atoms with van der Waals surface area (Å²) in [6.45, 7) is 1.49. The zero-order chi connectivity index (χ0) is 14.5. The molecular weight excluding hydrogens is 265 g/mol. The Hall–Kier alpha value is -2.06. The molecular formula is C10H11F3N4O2. The van der Waals surface area contributed by atoms with Gasteiger partial charge in [0.1, 0.15) is 11.7 Å². The Labute approximate surface area is 106 Å². The van der Waals surface area contributed by atoms with E-state index in [0.717, 1.165) is 11.9 Å². The van der Waals surface area contributed by atoms with Crippen LogP contribution in [0, 0.1) is 0 Å². The van der Waals surface area contributed by atoms with Crippen LogP contribution in [0.3, 0.4) is 0 Å². The van der Waals surface area contributed by atoms with Crippen LogP contribution in [-0.2, 0) is 18.0 Å². The highest BCUT2D eigenvalue weighted by molar-refractivity contribution is 6.20. The van der Waals surface area contributed by atoms with Crippen LogP contribution in [0.1, 0.15) is 12.6 Å². The van der Waals surface area contributed by atoms with Gasteiger partial charge in [-0.2, -0.15) is 18.3 Å². The Morgan fingerprint density at radius 1 is 1.26 bits per heavy atom. The molecule has 0 radical (unpaired) electrons. The molecule has 1 atom stereocenters. The van der Waals surface area contributed by atoms with Crippen molar-refractivity contribution in [1.82, 2.24) is 14.7 Å². The number of amides is 3. The minimum Gasteiger partial charge on any atom is -0.315 e. The van der Waals surface area contributed by atoms with E-state index in [9.17, 15) is 22.8 Å². The summed E-state index contributed by atoms with van der Waals surface area (Å²) in [7, 11) is 2.50. The number of aryl methyl sites for hydroxylation is 1. The van der Waals surface area contributed by atoms with E-state index in [1.54, 1.807) is 0 Å². The average Bonchev–Trinajstić information content (AvgIpc) is 2.75. The molecule has 104 valence electrons. The second kappa shape index (κ2) is 3.97. The number of urea groups is 1. The van der Waals surface area contributed by atoms with Crippen LogP contribution in [0.25, 0.3) is 0 Å².